The van der Waals surface area contributed by atoms with Gasteiger partial charge in [-0.2, -0.15) is 11.3 Å². The molecule has 4 heterocycles. The first-order valence-electron chi connectivity index (χ1n) is 9.14. The topological polar surface area (TPSA) is 53.5 Å². The minimum atomic E-state index is 0.137. The van der Waals surface area contributed by atoms with Crippen LogP contribution in [0.25, 0.3) is 0 Å². The minimum Gasteiger partial charge on any atom is -0.339 e. The lowest BCUT2D eigenvalue weighted by Crippen LogP contribution is -2.52. The number of nitrogens with zero attached hydrogens (tertiary/aromatic N) is 3. The van der Waals surface area contributed by atoms with E-state index in [1.54, 1.807) is 17.5 Å². The molecule has 2 aromatic rings. The van der Waals surface area contributed by atoms with E-state index in [1.165, 1.54) is 0 Å². The summed E-state index contributed by atoms with van der Waals surface area (Å²) in [5.41, 5.74) is 1.87. The Labute approximate surface area is 157 Å². The standard InChI is InChI=1S/C20H23N3O2S/c24-18-4-6-20(15-23(18)13-17-3-1-2-9-21-17)7-10-22(11-8-20)19(25)16-5-12-26-14-16/h1-3,5,9,12,14H,4,6-8,10-11,13,15H2. The van der Waals surface area contributed by atoms with Crippen LogP contribution in [0.15, 0.2) is 41.2 Å². The fourth-order valence-corrected chi connectivity index (χ4v) is 4.72. The zero-order valence-electron chi connectivity index (χ0n) is 14.8. The number of rotatable bonds is 3. The molecule has 4 rings (SSSR count). The number of hydrogen-bond acceptors (Lipinski definition) is 4. The highest BCUT2D eigenvalue weighted by atomic mass is 32.1. The molecule has 0 atom stereocenters. The van der Waals surface area contributed by atoms with Gasteiger partial charge in [0, 0.05) is 37.6 Å². The minimum absolute atomic E-state index is 0.137. The first-order chi connectivity index (χ1) is 12.7. The Morgan fingerprint density at radius 1 is 1.19 bits per heavy atom. The number of thiophene rings is 1. The summed E-state index contributed by atoms with van der Waals surface area (Å²) in [4.78, 5) is 33.2. The highest BCUT2D eigenvalue weighted by molar-refractivity contribution is 7.08. The van der Waals surface area contributed by atoms with Crippen molar-refractivity contribution in [1.82, 2.24) is 14.8 Å². The lowest BCUT2D eigenvalue weighted by Gasteiger charge is -2.47. The van der Waals surface area contributed by atoms with Gasteiger partial charge in [-0.05, 0) is 48.3 Å². The van der Waals surface area contributed by atoms with Crippen LogP contribution in [0, 0.1) is 5.41 Å². The monoisotopic (exact) mass is 369 g/mol. The van der Waals surface area contributed by atoms with Crippen LogP contribution in [-0.4, -0.2) is 46.2 Å². The predicted molar refractivity (Wildman–Crippen MR) is 101 cm³/mol. The van der Waals surface area contributed by atoms with Gasteiger partial charge in [0.05, 0.1) is 17.8 Å². The van der Waals surface area contributed by atoms with Crippen LogP contribution in [-0.2, 0) is 11.3 Å². The molecule has 2 amide bonds. The Morgan fingerprint density at radius 2 is 2.04 bits per heavy atom. The van der Waals surface area contributed by atoms with Crippen LogP contribution in [0.1, 0.15) is 41.7 Å². The van der Waals surface area contributed by atoms with Crippen molar-refractivity contribution in [1.29, 1.82) is 0 Å². The molecular weight excluding hydrogens is 346 g/mol. The molecule has 5 nitrogen and oxygen atoms in total. The lowest BCUT2D eigenvalue weighted by atomic mass is 9.72. The largest absolute Gasteiger partial charge is 0.339 e. The first kappa shape index (κ1) is 17.2. The summed E-state index contributed by atoms with van der Waals surface area (Å²) in [6.07, 6.45) is 5.24. The third-order valence-electron chi connectivity index (χ3n) is 5.71. The highest BCUT2D eigenvalue weighted by Crippen LogP contribution is 2.40. The van der Waals surface area contributed by atoms with Crippen molar-refractivity contribution in [3.63, 3.8) is 0 Å². The van der Waals surface area contributed by atoms with Crippen molar-refractivity contribution >= 4 is 23.2 Å². The zero-order chi connectivity index (χ0) is 18.0. The number of amides is 2. The second kappa shape index (κ2) is 7.19. The van der Waals surface area contributed by atoms with Gasteiger partial charge in [-0.15, -0.1) is 0 Å². The molecule has 26 heavy (non-hydrogen) atoms. The first-order valence-corrected chi connectivity index (χ1v) is 10.1. The normalized spacial score (nSPS) is 19.8. The van der Waals surface area contributed by atoms with Gasteiger partial charge in [-0.25, -0.2) is 0 Å². The van der Waals surface area contributed by atoms with Crippen molar-refractivity contribution in [2.75, 3.05) is 19.6 Å². The number of hydrogen-bond donors (Lipinski definition) is 0. The fourth-order valence-electron chi connectivity index (χ4n) is 4.09. The predicted octanol–water partition coefficient (Wildman–Crippen LogP) is 3.19. The molecule has 0 bridgehead atoms. The van der Waals surface area contributed by atoms with Crippen LogP contribution >= 0.6 is 11.3 Å². The molecule has 136 valence electrons. The number of aromatic nitrogens is 1. The molecule has 2 saturated heterocycles. The maximum atomic E-state index is 12.5. The Morgan fingerprint density at radius 3 is 2.73 bits per heavy atom. The molecule has 0 unspecified atom stereocenters. The van der Waals surface area contributed by atoms with E-state index in [2.05, 4.69) is 4.98 Å². The quantitative estimate of drug-likeness (QED) is 0.835. The Bertz CT molecular complexity index is 768. The number of carbonyl (C=O) groups excluding carboxylic acids is 2. The molecule has 2 aromatic heterocycles. The van der Waals surface area contributed by atoms with Gasteiger partial charge in [0.25, 0.3) is 5.91 Å². The van der Waals surface area contributed by atoms with Gasteiger partial charge in [-0.3, -0.25) is 14.6 Å². The molecular formula is C20H23N3O2S. The van der Waals surface area contributed by atoms with Gasteiger partial charge >= 0.3 is 0 Å². The van der Waals surface area contributed by atoms with E-state index in [0.29, 0.717) is 13.0 Å². The van der Waals surface area contributed by atoms with E-state index < -0.39 is 0 Å². The van der Waals surface area contributed by atoms with Crippen LogP contribution in [0.2, 0.25) is 0 Å². The highest BCUT2D eigenvalue weighted by Gasteiger charge is 2.41. The second-order valence-electron chi connectivity index (χ2n) is 7.38. The summed E-state index contributed by atoms with van der Waals surface area (Å²) >= 11 is 1.56. The van der Waals surface area contributed by atoms with Crippen molar-refractivity contribution < 1.29 is 9.59 Å². The number of carbonyl (C=O) groups is 2. The Hall–Kier alpha value is -2.21. The van der Waals surface area contributed by atoms with E-state index in [0.717, 1.165) is 50.2 Å². The van der Waals surface area contributed by atoms with E-state index in [1.807, 2.05) is 44.8 Å². The molecule has 0 aliphatic carbocycles. The number of likely N-dealkylation sites (tertiary alicyclic amines) is 2. The summed E-state index contributed by atoms with van der Waals surface area (Å²) in [7, 11) is 0. The second-order valence-corrected chi connectivity index (χ2v) is 8.16. The summed E-state index contributed by atoms with van der Waals surface area (Å²) in [5.74, 6) is 0.358. The molecule has 0 saturated carbocycles. The molecule has 0 N–H and O–H groups in total. The summed E-state index contributed by atoms with van der Waals surface area (Å²) in [6, 6.07) is 7.71. The van der Waals surface area contributed by atoms with Crippen molar-refractivity contribution in [3.8, 4) is 0 Å². The van der Waals surface area contributed by atoms with E-state index in [9.17, 15) is 9.59 Å². The molecule has 2 aliphatic rings. The summed E-state index contributed by atoms with van der Waals surface area (Å²) < 4.78 is 0. The molecule has 0 radical (unpaired) electrons. The fraction of sp³-hybridized carbons (Fsp3) is 0.450. The SMILES string of the molecule is O=C1CCC2(CCN(C(=O)c3ccsc3)CC2)CN1Cc1ccccn1. The maximum absolute atomic E-state index is 12.5. The number of pyridine rings is 1. The van der Waals surface area contributed by atoms with Crippen molar-refractivity contribution in [2.24, 2.45) is 5.41 Å². The zero-order valence-corrected chi connectivity index (χ0v) is 15.6. The van der Waals surface area contributed by atoms with Gasteiger partial charge < -0.3 is 9.80 Å². The van der Waals surface area contributed by atoms with Crippen LogP contribution < -0.4 is 0 Å². The third-order valence-corrected chi connectivity index (χ3v) is 6.39. The molecule has 0 aromatic carbocycles. The van der Waals surface area contributed by atoms with Gasteiger partial charge in [0.15, 0.2) is 0 Å². The third kappa shape index (κ3) is 3.51. The van der Waals surface area contributed by atoms with Gasteiger partial charge in [-0.1, -0.05) is 6.07 Å². The van der Waals surface area contributed by atoms with E-state index in [-0.39, 0.29) is 17.2 Å². The molecule has 1 spiro atoms. The van der Waals surface area contributed by atoms with Crippen LogP contribution in [0.4, 0.5) is 0 Å². The van der Waals surface area contributed by atoms with Crippen LogP contribution in [0.3, 0.4) is 0 Å². The molecule has 6 heteroatoms. The van der Waals surface area contributed by atoms with Crippen molar-refractivity contribution in [2.45, 2.75) is 32.2 Å². The van der Waals surface area contributed by atoms with Crippen LogP contribution in [0.5, 0.6) is 0 Å². The molecule has 2 aliphatic heterocycles. The summed E-state index contributed by atoms with van der Waals surface area (Å²) in [5, 5.41) is 3.86. The number of piperidine rings is 2. The average Bonchev–Trinajstić information content (AvgIpc) is 3.21. The van der Waals surface area contributed by atoms with E-state index >= 15 is 0 Å². The van der Waals surface area contributed by atoms with Gasteiger partial charge in [0.1, 0.15) is 0 Å². The Balaban J connectivity index is 1.40. The van der Waals surface area contributed by atoms with Gasteiger partial charge in [0.2, 0.25) is 5.91 Å². The van der Waals surface area contributed by atoms with E-state index in [4.69, 9.17) is 0 Å². The molecule has 2 fully saturated rings. The maximum Gasteiger partial charge on any atom is 0.254 e. The Kier molecular flexibility index (Phi) is 4.76. The summed E-state index contributed by atoms with van der Waals surface area (Å²) in [6.45, 7) is 2.92. The smallest absolute Gasteiger partial charge is 0.254 e. The average molecular weight is 369 g/mol. The van der Waals surface area contributed by atoms with Crippen molar-refractivity contribution in [3.05, 3.63) is 52.5 Å². The lowest BCUT2D eigenvalue weighted by molar-refractivity contribution is -0.139.